The number of halogens is 1. The molecule has 0 bridgehead atoms. The zero-order chi connectivity index (χ0) is 19.3. The number of anilines is 1. The molecule has 6 nitrogen and oxygen atoms in total. The molecule has 0 aliphatic rings. The Balaban J connectivity index is 2.03. The smallest absolute Gasteiger partial charge is 0.248 e. The summed E-state index contributed by atoms with van der Waals surface area (Å²) in [6.45, 7) is 2.38. The average Bonchev–Trinajstić information content (AvgIpc) is 2.61. The van der Waals surface area contributed by atoms with Gasteiger partial charge in [-0.05, 0) is 56.4 Å². The maximum absolute atomic E-state index is 12.5. The third kappa shape index (κ3) is 5.06. The lowest BCUT2D eigenvalue weighted by Crippen LogP contribution is -2.39. The Bertz CT molecular complexity index is 793. The summed E-state index contributed by atoms with van der Waals surface area (Å²) in [4.78, 5) is 25.5. The van der Waals surface area contributed by atoms with E-state index in [0.29, 0.717) is 17.8 Å². The van der Waals surface area contributed by atoms with Gasteiger partial charge >= 0.3 is 0 Å². The number of methoxy groups -OCH3 is 1. The molecule has 0 aliphatic carbocycles. The van der Waals surface area contributed by atoms with Crippen LogP contribution in [0, 0.1) is 0 Å². The molecule has 3 N–H and O–H groups in total. The second-order valence-electron chi connectivity index (χ2n) is 5.98. The van der Waals surface area contributed by atoms with E-state index in [4.69, 9.17) is 10.5 Å². The van der Waals surface area contributed by atoms with Crippen LogP contribution < -0.4 is 15.8 Å². The molecule has 0 spiro atoms. The predicted octanol–water partition coefficient (Wildman–Crippen LogP) is 3.02. The van der Waals surface area contributed by atoms with Gasteiger partial charge in [0.2, 0.25) is 11.8 Å². The fourth-order valence-corrected chi connectivity index (χ4v) is 2.85. The highest BCUT2D eigenvalue weighted by molar-refractivity contribution is 9.10. The summed E-state index contributed by atoms with van der Waals surface area (Å²) in [6.07, 6.45) is 0. The minimum absolute atomic E-state index is 0.145. The van der Waals surface area contributed by atoms with Crippen molar-refractivity contribution < 1.29 is 14.3 Å². The largest absolute Gasteiger partial charge is 0.496 e. The summed E-state index contributed by atoms with van der Waals surface area (Å²) < 4.78 is 6.33. The molecule has 0 aliphatic heterocycles. The Labute approximate surface area is 161 Å². The number of hydrogen-bond acceptors (Lipinski definition) is 4. The van der Waals surface area contributed by atoms with Gasteiger partial charge < -0.3 is 15.8 Å². The third-order valence-electron chi connectivity index (χ3n) is 4.14. The van der Waals surface area contributed by atoms with Gasteiger partial charge in [-0.1, -0.05) is 15.9 Å². The van der Waals surface area contributed by atoms with E-state index >= 15 is 0 Å². The second-order valence-corrected chi connectivity index (χ2v) is 6.89. The fraction of sp³-hybridized carbons (Fsp3) is 0.263. The minimum atomic E-state index is -0.501. The number of rotatable bonds is 7. The molecule has 2 aromatic rings. The highest BCUT2D eigenvalue weighted by atomic mass is 79.9. The maximum atomic E-state index is 12.5. The number of primary amides is 1. The third-order valence-corrected chi connectivity index (χ3v) is 4.63. The minimum Gasteiger partial charge on any atom is -0.496 e. The lowest BCUT2D eigenvalue weighted by molar-refractivity contribution is -0.120. The average molecular weight is 420 g/mol. The van der Waals surface area contributed by atoms with E-state index in [1.807, 2.05) is 37.1 Å². The fourth-order valence-electron chi connectivity index (χ4n) is 2.44. The van der Waals surface area contributed by atoms with Crippen LogP contribution in [0.5, 0.6) is 5.75 Å². The van der Waals surface area contributed by atoms with Crippen molar-refractivity contribution in [3.63, 3.8) is 0 Å². The van der Waals surface area contributed by atoms with Crippen LogP contribution in [0.1, 0.15) is 22.8 Å². The zero-order valence-corrected chi connectivity index (χ0v) is 16.5. The molecule has 1 atom stereocenters. The second kappa shape index (κ2) is 8.82. The zero-order valence-electron chi connectivity index (χ0n) is 15.0. The van der Waals surface area contributed by atoms with Crippen molar-refractivity contribution in [3.05, 3.63) is 58.1 Å². The molecular weight excluding hydrogens is 398 g/mol. The summed E-state index contributed by atoms with van der Waals surface area (Å²) in [5, 5.41) is 2.84. The molecule has 0 saturated heterocycles. The first-order chi connectivity index (χ1) is 12.3. The van der Waals surface area contributed by atoms with Crippen LogP contribution in [0.4, 0.5) is 5.69 Å². The van der Waals surface area contributed by atoms with E-state index in [2.05, 4.69) is 21.2 Å². The molecule has 2 rings (SSSR count). The van der Waals surface area contributed by atoms with E-state index in [1.165, 1.54) is 0 Å². The van der Waals surface area contributed by atoms with Gasteiger partial charge in [0.15, 0.2) is 0 Å². The topological polar surface area (TPSA) is 84.7 Å². The summed E-state index contributed by atoms with van der Waals surface area (Å²) in [6, 6.07) is 11.9. The molecule has 138 valence electrons. The van der Waals surface area contributed by atoms with Crippen LogP contribution in [0.2, 0.25) is 0 Å². The number of ether oxygens (including phenoxy) is 1. The van der Waals surface area contributed by atoms with E-state index in [9.17, 15) is 9.59 Å². The normalized spacial score (nSPS) is 11.9. The molecular formula is C19H22BrN3O3. The Hall–Kier alpha value is -2.38. The highest BCUT2D eigenvalue weighted by Gasteiger charge is 2.19. The van der Waals surface area contributed by atoms with E-state index in [0.717, 1.165) is 15.8 Å². The predicted molar refractivity (Wildman–Crippen MR) is 105 cm³/mol. The van der Waals surface area contributed by atoms with Gasteiger partial charge in [0, 0.05) is 27.8 Å². The van der Waals surface area contributed by atoms with Crippen molar-refractivity contribution >= 4 is 33.4 Å². The van der Waals surface area contributed by atoms with Crippen molar-refractivity contribution in [2.24, 2.45) is 5.73 Å². The lowest BCUT2D eigenvalue weighted by atomic mass is 10.1. The van der Waals surface area contributed by atoms with Crippen molar-refractivity contribution in [1.82, 2.24) is 4.90 Å². The van der Waals surface area contributed by atoms with Gasteiger partial charge in [-0.3, -0.25) is 14.5 Å². The Morgan fingerprint density at radius 2 is 1.88 bits per heavy atom. The molecule has 2 amide bonds. The first-order valence-electron chi connectivity index (χ1n) is 8.05. The molecule has 0 fully saturated rings. The number of likely N-dealkylation sites (N-methyl/N-ethyl adjacent to an activating group) is 1. The molecule has 2 aromatic carbocycles. The van der Waals surface area contributed by atoms with Crippen LogP contribution >= 0.6 is 15.9 Å². The number of benzene rings is 2. The number of nitrogens with one attached hydrogen (secondary N) is 1. The van der Waals surface area contributed by atoms with E-state index in [1.54, 1.807) is 31.4 Å². The SMILES string of the molecule is COc1ccc(Br)cc1CN(C)[C@H](C)C(=O)Nc1ccc(C(N)=O)cc1. The lowest BCUT2D eigenvalue weighted by Gasteiger charge is -2.25. The maximum Gasteiger partial charge on any atom is 0.248 e. The van der Waals surface area contributed by atoms with Crippen LogP contribution in [-0.4, -0.2) is 36.9 Å². The Morgan fingerprint density at radius 3 is 2.46 bits per heavy atom. The number of nitrogens with two attached hydrogens (primary N) is 1. The van der Waals surface area contributed by atoms with Crippen LogP contribution in [0.15, 0.2) is 46.9 Å². The van der Waals surface area contributed by atoms with E-state index < -0.39 is 5.91 Å². The van der Waals surface area contributed by atoms with Gasteiger partial charge in [0.1, 0.15) is 5.75 Å². The summed E-state index contributed by atoms with van der Waals surface area (Å²) in [5.74, 6) is 0.127. The quantitative estimate of drug-likeness (QED) is 0.721. The van der Waals surface area contributed by atoms with Crippen LogP contribution in [0.25, 0.3) is 0 Å². The first-order valence-corrected chi connectivity index (χ1v) is 8.84. The van der Waals surface area contributed by atoms with Gasteiger partial charge in [0.05, 0.1) is 13.2 Å². The van der Waals surface area contributed by atoms with Crippen LogP contribution in [-0.2, 0) is 11.3 Å². The molecule has 0 unspecified atom stereocenters. The molecule has 7 heteroatoms. The van der Waals surface area contributed by atoms with Gasteiger partial charge in [-0.2, -0.15) is 0 Å². The van der Waals surface area contributed by atoms with Gasteiger partial charge in [0.25, 0.3) is 0 Å². The van der Waals surface area contributed by atoms with Crippen molar-refractivity contribution in [2.75, 3.05) is 19.5 Å². The van der Waals surface area contributed by atoms with Gasteiger partial charge in [-0.15, -0.1) is 0 Å². The first kappa shape index (κ1) is 19.9. The molecule has 26 heavy (non-hydrogen) atoms. The standard InChI is InChI=1S/C19H22BrN3O3/c1-12(19(25)22-16-7-4-13(5-8-16)18(21)24)23(2)11-14-10-15(20)6-9-17(14)26-3/h4-10,12H,11H2,1-3H3,(H2,21,24)(H,22,25)/t12-/m1/s1. The highest BCUT2D eigenvalue weighted by Crippen LogP contribution is 2.24. The number of nitrogens with zero attached hydrogens (tertiary/aromatic N) is 1. The van der Waals surface area contributed by atoms with Crippen LogP contribution in [0.3, 0.4) is 0 Å². The molecule has 0 saturated carbocycles. The number of amides is 2. The van der Waals surface area contributed by atoms with Crippen molar-refractivity contribution in [3.8, 4) is 5.75 Å². The number of carbonyl (C=O) groups excluding carboxylic acids is 2. The Morgan fingerprint density at radius 1 is 1.23 bits per heavy atom. The number of carbonyl (C=O) groups is 2. The summed E-state index contributed by atoms with van der Waals surface area (Å²) in [7, 11) is 3.50. The molecule has 0 heterocycles. The summed E-state index contributed by atoms with van der Waals surface area (Å²) >= 11 is 3.46. The number of hydrogen-bond donors (Lipinski definition) is 2. The van der Waals surface area contributed by atoms with Crippen molar-refractivity contribution in [1.29, 1.82) is 0 Å². The monoisotopic (exact) mass is 419 g/mol. The van der Waals surface area contributed by atoms with E-state index in [-0.39, 0.29) is 11.9 Å². The summed E-state index contributed by atoms with van der Waals surface area (Å²) in [5.41, 5.74) is 7.20. The Kier molecular flexibility index (Phi) is 6.76. The molecule has 0 radical (unpaired) electrons. The van der Waals surface area contributed by atoms with Crippen molar-refractivity contribution in [2.45, 2.75) is 19.5 Å². The molecule has 0 aromatic heterocycles. The van der Waals surface area contributed by atoms with Gasteiger partial charge in [-0.25, -0.2) is 0 Å².